The highest BCUT2D eigenvalue weighted by molar-refractivity contribution is 5.83. The molecule has 5 rings (SSSR count). The second kappa shape index (κ2) is 12.2. The molecule has 1 aromatic carbocycles. The summed E-state index contributed by atoms with van der Waals surface area (Å²) in [6, 6.07) is 6.78. The Morgan fingerprint density at radius 2 is 1.59 bits per heavy atom. The van der Waals surface area contributed by atoms with E-state index in [2.05, 4.69) is 0 Å². The van der Waals surface area contributed by atoms with Crippen LogP contribution in [0.1, 0.15) is 84.6 Å². The zero-order chi connectivity index (χ0) is 28.2. The molecule has 4 aliphatic rings. The number of carbonyl (C=O) groups is 3. The number of methoxy groups -OCH3 is 1. The van der Waals surface area contributed by atoms with Crippen molar-refractivity contribution in [1.82, 2.24) is 4.90 Å². The summed E-state index contributed by atoms with van der Waals surface area (Å²) < 4.78 is 22.0. The highest BCUT2D eigenvalue weighted by Crippen LogP contribution is 2.58. The molecule has 4 bridgehead atoms. The predicted octanol–water partition coefficient (Wildman–Crippen LogP) is 5.70. The molecular formula is C31H45NO7. The van der Waals surface area contributed by atoms with E-state index in [9.17, 15) is 14.4 Å². The molecule has 1 amide bonds. The lowest BCUT2D eigenvalue weighted by molar-refractivity contribution is -0.168. The Balaban J connectivity index is 1.52. The van der Waals surface area contributed by atoms with Crippen LogP contribution in [0.25, 0.3) is 0 Å². The minimum absolute atomic E-state index is 0.223. The Bertz CT molecular complexity index is 977. The third-order valence-corrected chi connectivity index (χ3v) is 8.33. The fourth-order valence-corrected chi connectivity index (χ4v) is 7.34. The zero-order valence-corrected chi connectivity index (χ0v) is 24.2. The van der Waals surface area contributed by atoms with Gasteiger partial charge in [0.25, 0.3) is 0 Å². The van der Waals surface area contributed by atoms with Crippen molar-refractivity contribution in [2.24, 2.45) is 17.8 Å². The Morgan fingerprint density at radius 1 is 1.00 bits per heavy atom. The van der Waals surface area contributed by atoms with E-state index in [0.29, 0.717) is 56.0 Å². The van der Waals surface area contributed by atoms with E-state index in [-0.39, 0.29) is 11.5 Å². The van der Waals surface area contributed by atoms with Gasteiger partial charge in [-0.2, -0.15) is 0 Å². The van der Waals surface area contributed by atoms with Crippen LogP contribution in [0.2, 0.25) is 0 Å². The van der Waals surface area contributed by atoms with Crippen molar-refractivity contribution in [3.8, 4) is 5.75 Å². The van der Waals surface area contributed by atoms with Gasteiger partial charge in [0.05, 0.1) is 20.3 Å². The maximum absolute atomic E-state index is 13.7. The van der Waals surface area contributed by atoms with E-state index in [1.54, 1.807) is 11.8 Å². The molecule has 1 aromatic rings. The molecule has 0 spiro atoms. The van der Waals surface area contributed by atoms with Gasteiger partial charge in [0, 0.05) is 18.4 Å². The van der Waals surface area contributed by atoms with Crippen LogP contribution in [-0.4, -0.2) is 60.4 Å². The monoisotopic (exact) mass is 543 g/mol. The SMILES string of the molecule is CCOC(=O)CCCOc1ccc(C[C@@H](C(=O)OC(C)(C)C)N(C(=O)OC)C23CC4CC(CC(C4)C2)C3)cc1. The van der Waals surface area contributed by atoms with Crippen LogP contribution in [0, 0.1) is 17.8 Å². The van der Waals surface area contributed by atoms with E-state index >= 15 is 0 Å². The summed E-state index contributed by atoms with van der Waals surface area (Å²) in [5, 5.41) is 0. The quantitative estimate of drug-likeness (QED) is 0.201. The molecule has 8 nitrogen and oxygen atoms in total. The van der Waals surface area contributed by atoms with E-state index in [4.69, 9.17) is 18.9 Å². The van der Waals surface area contributed by atoms with Gasteiger partial charge in [0.1, 0.15) is 17.4 Å². The summed E-state index contributed by atoms with van der Waals surface area (Å²) in [5.41, 5.74) is -0.144. The van der Waals surface area contributed by atoms with Crippen molar-refractivity contribution in [3.05, 3.63) is 29.8 Å². The minimum Gasteiger partial charge on any atom is -0.494 e. The topological polar surface area (TPSA) is 91.4 Å². The lowest BCUT2D eigenvalue weighted by Crippen LogP contribution is -2.66. The van der Waals surface area contributed by atoms with Crippen molar-refractivity contribution in [2.75, 3.05) is 20.3 Å². The molecule has 8 heteroatoms. The molecule has 4 aliphatic carbocycles. The van der Waals surface area contributed by atoms with Crippen LogP contribution >= 0.6 is 0 Å². The fourth-order valence-electron chi connectivity index (χ4n) is 7.34. The first-order chi connectivity index (χ1) is 18.5. The number of hydrogen-bond acceptors (Lipinski definition) is 7. The normalized spacial score (nSPS) is 26.0. The predicted molar refractivity (Wildman–Crippen MR) is 146 cm³/mol. The van der Waals surface area contributed by atoms with Gasteiger partial charge in [-0.3, -0.25) is 9.69 Å². The van der Waals surface area contributed by atoms with Crippen LogP contribution in [0.4, 0.5) is 4.79 Å². The Morgan fingerprint density at radius 3 is 2.10 bits per heavy atom. The molecule has 4 fully saturated rings. The fraction of sp³-hybridized carbons (Fsp3) is 0.710. The molecule has 0 heterocycles. The minimum atomic E-state index is -0.788. The van der Waals surface area contributed by atoms with Gasteiger partial charge in [-0.05, 0) is 108 Å². The van der Waals surface area contributed by atoms with Gasteiger partial charge in [0.15, 0.2) is 0 Å². The molecule has 0 saturated heterocycles. The third kappa shape index (κ3) is 7.25. The number of amides is 1. The van der Waals surface area contributed by atoms with Crippen molar-refractivity contribution in [1.29, 1.82) is 0 Å². The van der Waals surface area contributed by atoms with Crippen molar-refractivity contribution < 1.29 is 33.3 Å². The van der Waals surface area contributed by atoms with Crippen LogP contribution in [0.3, 0.4) is 0 Å². The summed E-state index contributed by atoms with van der Waals surface area (Å²) in [6.45, 7) is 8.12. The molecule has 1 atom stereocenters. The molecule has 4 saturated carbocycles. The summed E-state index contributed by atoms with van der Waals surface area (Å²) >= 11 is 0. The number of esters is 2. The molecule has 39 heavy (non-hydrogen) atoms. The molecule has 0 aliphatic heterocycles. The second-order valence-corrected chi connectivity index (χ2v) is 12.6. The van der Waals surface area contributed by atoms with Crippen LogP contribution in [0.15, 0.2) is 24.3 Å². The van der Waals surface area contributed by atoms with Crippen LogP contribution in [-0.2, 0) is 30.2 Å². The van der Waals surface area contributed by atoms with Crippen molar-refractivity contribution in [3.63, 3.8) is 0 Å². The first-order valence-electron chi connectivity index (χ1n) is 14.5. The van der Waals surface area contributed by atoms with E-state index in [0.717, 1.165) is 24.8 Å². The highest BCUT2D eigenvalue weighted by Gasteiger charge is 2.57. The maximum Gasteiger partial charge on any atom is 0.410 e. The summed E-state index contributed by atoms with van der Waals surface area (Å²) in [7, 11) is 1.40. The molecule has 0 radical (unpaired) electrons. The molecule has 216 valence electrons. The zero-order valence-electron chi connectivity index (χ0n) is 24.2. The van der Waals surface area contributed by atoms with Gasteiger partial charge in [-0.1, -0.05) is 12.1 Å². The van der Waals surface area contributed by atoms with Gasteiger partial charge in [-0.15, -0.1) is 0 Å². The molecular weight excluding hydrogens is 498 g/mol. The van der Waals surface area contributed by atoms with Gasteiger partial charge >= 0.3 is 18.0 Å². The average Bonchev–Trinajstić information content (AvgIpc) is 2.85. The van der Waals surface area contributed by atoms with Crippen LogP contribution < -0.4 is 4.74 Å². The van der Waals surface area contributed by atoms with Crippen LogP contribution in [0.5, 0.6) is 5.75 Å². The molecule has 0 N–H and O–H groups in total. The number of nitrogens with zero attached hydrogens (tertiary/aromatic N) is 1. The van der Waals surface area contributed by atoms with E-state index in [1.807, 2.05) is 45.0 Å². The Kier molecular flexibility index (Phi) is 9.12. The van der Waals surface area contributed by atoms with Gasteiger partial charge in [-0.25, -0.2) is 9.59 Å². The molecule has 0 unspecified atom stereocenters. The van der Waals surface area contributed by atoms with E-state index < -0.39 is 23.7 Å². The summed E-state index contributed by atoms with van der Waals surface area (Å²) in [4.78, 5) is 40.5. The van der Waals surface area contributed by atoms with Crippen molar-refractivity contribution in [2.45, 2.75) is 103 Å². The third-order valence-electron chi connectivity index (χ3n) is 8.33. The lowest BCUT2D eigenvalue weighted by atomic mass is 9.52. The molecule has 0 aromatic heterocycles. The second-order valence-electron chi connectivity index (χ2n) is 12.6. The van der Waals surface area contributed by atoms with Crippen molar-refractivity contribution >= 4 is 18.0 Å². The number of carbonyl (C=O) groups excluding carboxylic acids is 3. The standard InChI is InChI=1S/C31H45NO7/c1-6-37-27(33)8-7-13-38-25-11-9-21(10-12-25)17-26(28(34)39-30(2,3)4)32(29(35)36-5)31-18-22-14-23(19-31)16-24(15-22)20-31/h9-12,22-24,26H,6-8,13-20H2,1-5H3/t22?,23?,24?,26-,31?/m0/s1. The number of rotatable bonds is 11. The maximum atomic E-state index is 13.7. The lowest BCUT2D eigenvalue weighted by Gasteiger charge is -2.61. The first-order valence-corrected chi connectivity index (χ1v) is 14.5. The first kappa shape index (κ1) is 29.2. The van der Waals surface area contributed by atoms with Gasteiger partial charge < -0.3 is 18.9 Å². The highest BCUT2D eigenvalue weighted by atomic mass is 16.6. The van der Waals surface area contributed by atoms with Gasteiger partial charge in [0.2, 0.25) is 0 Å². The summed E-state index contributed by atoms with van der Waals surface area (Å²) in [5.74, 6) is 1.86. The largest absolute Gasteiger partial charge is 0.494 e. The van der Waals surface area contributed by atoms with E-state index in [1.165, 1.54) is 26.4 Å². The smallest absolute Gasteiger partial charge is 0.410 e. The summed E-state index contributed by atoms with van der Waals surface area (Å²) in [6.07, 6.45) is 7.22. The number of benzene rings is 1. The Hall–Kier alpha value is -2.77. The average molecular weight is 544 g/mol. The number of ether oxygens (including phenoxy) is 4. The Labute approximate surface area is 232 Å². The number of hydrogen-bond donors (Lipinski definition) is 0.